The monoisotopic (exact) mass is 518 g/mol. The first-order valence-corrected chi connectivity index (χ1v) is 10.5. The molecule has 0 heterocycles. The molecule has 0 aliphatic carbocycles. The molecule has 0 atom stereocenters. The number of hydrogen-bond acceptors (Lipinski definition) is 3. The van der Waals surface area contributed by atoms with Gasteiger partial charge < -0.3 is 10.1 Å². The fourth-order valence-electron chi connectivity index (χ4n) is 2.61. The first kappa shape index (κ1) is 22.8. The lowest BCUT2D eigenvalue weighted by Gasteiger charge is -2.12. The Bertz CT molecular complexity index is 1210. The predicted octanol–water partition coefficient (Wildman–Crippen LogP) is 7.02. The average Bonchev–Trinajstić information content (AvgIpc) is 2.74. The number of benzene rings is 3. The molecule has 3 aromatic rings. The number of rotatable bonds is 6. The van der Waals surface area contributed by atoms with Gasteiger partial charge in [0.25, 0.3) is 5.91 Å². The molecule has 3 aromatic carbocycles. The van der Waals surface area contributed by atoms with E-state index in [2.05, 4.69) is 21.2 Å². The van der Waals surface area contributed by atoms with Crippen LogP contribution in [0.25, 0.3) is 6.08 Å². The highest BCUT2D eigenvalue weighted by Gasteiger charge is 2.14. The Balaban J connectivity index is 1.85. The summed E-state index contributed by atoms with van der Waals surface area (Å²) in [6.45, 7) is 0.155. The number of halogens is 4. The van der Waals surface area contributed by atoms with E-state index in [-0.39, 0.29) is 17.9 Å². The third-order valence-corrected chi connectivity index (χ3v) is 5.24. The van der Waals surface area contributed by atoms with Crippen LogP contribution in [0.1, 0.15) is 11.1 Å². The van der Waals surface area contributed by atoms with Crippen molar-refractivity contribution in [2.45, 2.75) is 6.61 Å². The maximum atomic E-state index is 13.8. The summed E-state index contributed by atoms with van der Waals surface area (Å²) in [5.41, 5.74) is 0.980. The van der Waals surface area contributed by atoms with Crippen molar-refractivity contribution in [3.8, 4) is 11.8 Å². The Hall–Kier alpha value is -2.85. The molecular weight excluding hydrogens is 506 g/mol. The quantitative estimate of drug-likeness (QED) is 0.281. The summed E-state index contributed by atoms with van der Waals surface area (Å²) >= 11 is 15.5. The molecule has 8 heteroatoms. The molecule has 3 rings (SSSR count). The lowest BCUT2D eigenvalue weighted by atomic mass is 10.1. The van der Waals surface area contributed by atoms with Crippen LogP contribution in [0.5, 0.6) is 5.75 Å². The third-order valence-electron chi connectivity index (χ3n) is 4.16. The maximum absolute atomic E-state index is 13.8. The normalized spacial score (nSPS) is 11.0. The van der Waals surface area contributed by atoms with Crippen LogP contribution in [-0.4, -0.2) is 5.91 Å². The summed E-state index contributed by atoms with van der Waals surface area (Å²) in [4.78, 5) is 12.5. The molecule has 0 fully saturated rings. The lowest BCUT2D eigenvalue weighted by molar-refractivity contribution is -0.112. The zero-order valence-electron chi connectivity index (χ0n) is 15.8. The third kappa shape index (κ3) is 6.08. The minimum atomic E-state index is -0.737. The highest BCUT2D eigenvalue weighted by molar-refractivity contribution is 9.10. The topological polar surface area (TPSA) is 62.1 Å². The minimum Gasteiger partial charge on any atom is -0.488 e. The summed E-state index contributed by atoms with van der Waals surface area (Å²) in [7, 11) is 0. The molecule has 0 unspecified atom stereocenters. The number of nitrogens with one attached hydrogen (secondary N) is 1. The van der Waals surface area contributed by atoms with Gasteiger partial charge in [0.1, 0.15) is 29.8 Å². The van der Waals surface area contributed by atoms with Gasteiger partial charge in [0.15, 0.2) is 0 Å². The SMILES string of the molecule is N#C/C(=C/c1cc(Br)ccc1OCc1ccc(Cl)cc1Cl)C(=O)Nc1ccccc1F. The van der Waals surface area contributed by atoms with Gasteiger partial charge in [-0.2, -0.15) is 5.26 Å². The second-order valence-corrected chi connectivity index (χ2v) is 8.07. The number of carbonyl (C=O) groups is 1. The fraction of sp³-hybridized carbons (Fsp3) is 0.0435. The number of amides is 1. The molecule has 1 amide bonds. The first-order chi connectivity index (χ1) is 14.9. The zero-order chi connectivity index (χ0) is 22.4. The minimum absolute atomic E-state index is 0.0169. The molecular formula is C23H14BrCl2FN2O2. The summed E-state index contributed by atoms with van der Waals surface area (Å²) in [6.07, 6.45) is 1.37. The van der Waals surface area contributed by atoms with Crippen molar-refractivity contribution in [2.24, 2.45) is 0 Å². The van der Waals surface area contributed by atoms with Crippen molar-refractivity contribution in [3.63, 3.8) is 0 Å². The first-order valence-electron chi connectivity index (χ1n) is 8.91. The van der Waals surface area contributed by atoms with Crippen LogP contribution in [0, 0.1) is 17.1 Å². The number of nitriles is 1. The van der Waals surface area contributed by atoms with Crippen LogP contribution in [-0.2, 0) is 11.4 Å². The van der Waals surface area contributed by atoms with E-state index in [4.69, 9.17) is 27.9 Å². The van der Waals surface area contributed by atoms with Gasteiger partial charge in [0, 0.05) is 25.6 Å². The van der Waals surface area contributed by atoms with Crippen molar-refractivity contribution in [1.82, 2.24) is 0 Å². The van der Waals surface area contributed by atoms with Gasteiger partial charge in [-0.15, -0.1) is 0 Å². The van der Waals surface area contributed by atoms with Crippen LogP contribution in [0.2, 0.25) is 10.0 Å². The van der Waals surface area contributed by atoms with E-state index < -0.39 is 11.7 Å². The summed E-state index contributed by atoms with van der Waals surface area (Å²) < 4.78 is 20.4. The molecule has 156 valence electrons. The van der Waals surface area contributed by atoms with E-state index in [0.717, 1.165) is 10.0 Å². The van der Waals surface area contributed by atoms with E-state index in [9.17, 15) is 14.4 Å². The molecule has 0 aliphatic rings. The van der Waals surface area contributed by atoms with Gasteiger partial charge in [-0.1, -0.05) is 57.3 Å². The molecule has 0 saturated heterocycles. The van der Waals surface area contributed by atoms with Gasteiger partial charge in [-0.3, -0.25) is 4.79 Å². The Morgan fingerprint density at radius 1 is 1.16 bits per heavy atom. The van der Waals surface area contributed by atoms with Crippen LogP contribution in [0.4, 0.5) is 10.1 Å². The summed E-state index contributed by atoms with van der Waals surface area (Å²) in [5.74, 6) is -0.903. The number of hydrogen-bond donors (Lipinski definition) is 1. The largest absolute Gasteiger partial charge is 0.488 e. The Labute approximate surface area is 197 Å². The van der Waals surface area contributed by atoms with Gasteiger partial charge in [0.05, 0.1) is 5.69 Å². The van der Waals surface area contributed by atoms with Gasteiger partial charge in [-0.25, -0.2) is 4.39 Å². The fourth-order valence-corrected chi connectivity index (χ4v) is 3.46. The highest BCUT2D eigenvalue weighted by atomic mass is 79.9. The molecule has 0 bridgehead atoms. The maximum Gasteiger partial charge on any atom is 0.266 e. The average molecular weight is 520 g/mol. The van der Waals surface area contributed by atoms with E-state index in [1.54, 1.807) is 42.5 Å². The van der Waals surface area contributed by atoms with Gasteiger partial charge in [-0.05, 0) is 48.5 Å². The van der Waals surface area contributed by atoms with E-state index in [1.165, 1.54) is 24.3 Å². The van der Waals surface area contributed by atoms with Crippen LogP contribution >= 0.6 is 39.1 Å². The summed E-state index contributed by atoms with van der Waals surface area (Å²) in [5, 5.41) is 12.9. The molecule has 0 spiro atoms. The molecule has 1 N–H and O–H groups in total. The van der Waals surface area contributed by atoms with E-state index in [1.807, 2.05) is 6.07 Å². The highest BCUT2D eigenvalue weighted by Crippen LogP contribution is 2.28. The number of para-hydroxylation sites is 1. The van der Waals surface area contributed by atoms with E-state index >= 15 is 0 Å². The second-order valence-electron chi connectivity index (χ2n) is 6.31. The molecule has 0 radical (unpaired) electrons. The van der Waals surface area contributed by atoms with Crippen LogP contribution in [0.3, 0.4) is 0 Å². The molecule has 4 nitrogen and oxygen atoms in total. The van der Waals surface area contributed by atoms with Crippen LogP contribution < -0.4 is 10.1 Å². The molecule has 31 heavy (non-hydrogen) atoms. The number of anilines is 1. The Kier molecular flexibility index (Phi) is 7.69. The second kappa shape index (κ2) is 10.5. The number of nitrogens with zero attached hydrogens (tertiary/aromatic N) is 1. The zero-order valence-corrected chi connectivity index (χ0v) is 18.9. The Morgan fingerprint density at radius 2 is 1.94 bits per heavy atom. The van der Waals surface area contributed by atoms with Crippen LogP contribution in [0.15, 0.2) is 70.7 Å². The number of ether oxygens (including phenoxy) is 1. The lowest BCUT2D eigenvalue weighted by Crippen LogP contribution is -2.14. The van der Waals surface area contributed by atoms with Crippen molar-refractivity contribution < 1.29 is 13.9 Å². The number of carbonyl (C=O) groups excluding carboxylic acids is 1. The van der Waals surface area contributed by atoms with Crippen molar-refractivity contribution in [1.29, 1.82) is 5.26 Å². The van der Waals surface area contributed by atoms with Crippen molar-refractivity contribution in [2.75, 3.05) is 5.32 Å². The molecule has 0 saturated carbocycles. The smallest absolute Gasteiger partial charge is 0.266 e. The van der Waals surface area contributed by atoms with Gasteiger partial charge >= 0.3 is 0 Å². The molecule has 0 aliphatic heterocycles. The standard InChI is InChI=1S/C23H14BrCl2FN2O2/c24-17-6-8-22(31-13-14-5-7-18(25)11-19(14)26)15(10-17)9-16(12-28)23(30)29-21-4-2-1-3-20(21)27/h1-11H,13H2,(H,29,30)/b16-9-. The van der Waals surface area contributed by atoms with E-state index in [0.29, 0.717) is 21.4 Å². The predicted molar refractivity (Wildman–Crippen MR) is 124 cm³/mol. The van der Waals surface area contributed by atoms with Gasteiger partial charge in [0.2, 0.25) is 0 Å². The molecule has 0 aromatic heterocycles. The van der Waals surface area contributed by atoms with Crippen molar-refractivity contribution in [3.05, 3.63) is 97.7 Å². The Morgan fingerprint density at radius 3 is 2.65 bits per heavy atom. The summed E-state index contributed by atoms with van der Waals surface area (Å²) in [6, 6.07) is 17.8. The van der Waals surface area contributed by atoms with Crippen molar-refractivity contribution >= 4 is 56.8 Å².